The Hall–Kier alpha value is -1.91. The Morgan fingerprint density at radius 1 is 0.939 bits per heavy atom. The quantitative estimate of drug-likeness (QED) is 0.440. The zero-order valence-electron chi connectivity index (χ0n) is 21.6. The molecule has 0 bridgehead atoms. The van der Waals surface area contributed by atoms with Crippen molar-refractivity contribution in [2.75, 3.05) is 11.9 Å². The average Bonchev–Trinajstić information content (AvgIpc) is 3.26. The van der Waals surface area contributed by atoms with Crippen molar-refractivity contribution < 1.29 is 0 Å². The van der Waals surface area contributed by atoms with E-state index in [1.165, 1.54) is 38.5 Å². The molecule has 33 heavy (non-hydrogen) atoms. The van der Waals surface area contributed by atoms with Gasteiger partial charge >= 0.3 is 0 Å². The van der Waals surface area contributed by atoms with Crippen molar-refractivity contribution >= 4 is 17.0 Å². The Kier molecular flexibility index (Phi) is 7.76. The fraction of sp³-hybridized carbons (Fsp3) is 0.750. The van der Waals surface area contributed by atoms with Crippen molar-refractivity contribution in [3.63, 3.8) is 0 Å². The summed E-state index contributed by atoms with van der Waals surface area (Å²) < 4.78 is 0. The number of nitrogens with one attached hydrogen (secondary N) is 2. The largest absolute Gasteiger partial charge is 0.365 e. The molecule has 2 fully saturated rings. The van der Waals surface area contributed by atoms with Crippen LogP contribution < -0.4 is 5.32 Å². The predicted molar refractivity (Wildman–Crippen MR) is 138 cm³/mol. The first-order valence-electron chi connectivity index (χ1n) is 13.4. The van der Waals surface area contributed by atoms with Crippen LogP contribution in [0.3, 0.4) is 0 Å². The zero-order valence-corrected chi connectivity index (χ0v) is 21.6. The van der Waals surface area contributed by atoms with Crippen molar-refractivity contribution in [3.05, 3.63) is 24.3 Å². The van der Waals surface area contributed by atoms with Gasteiger partial charge in [0.2, 0.25) is 0 Å². The van der Waals surface area contributed by atoms with Crippen molar-refractivity contribution in [1.29, 1.82) is 0 Å². The first kappa shape index (κ1) is 24.2. The van der Waals surface area contributed by atoms with Crippen LogP contribution in [-0.2, 0) is 0 Å². The predicted octanol–water partition coefficient (Wildman–Crippen LogP) is 7.11. The number of H-pyrrole nitrogens is 1. The number of aromatic amines is 1. The number of hydrogen-bond acceptors (Lipinski definition) is 4. The molecule has 4 rings (SSSR count). The van der Waals surface area contributed by atoms with E-state index < -0.39 is 0 Å². The number of rotatable bonds is 7. The van der Waals surface area contributed by atoms with Gasteiger partial charge in [-0.2, -0.15) is 0 Å². The van der Waals surface area contributed by atoms with Crippen molar-refractivity contribution in [2.45, 2.75) is 80.1 Å². The molecule has 2 N–H and O–H groups in total. The highest BCUT2D eigenvalue weighted by atomic mass is 15.1. The highest BCUT2D eigenvalue weighted by Crippen LogP contribution is 2.50. The van der Waals surface area contributed by atoms with Gasteiger partial charge in [0.05, 0.1) is 6.33 Å². The summed E-state index contributed by atoms with van der Waals surface area (Å²) in [4.78, 5) is 16.2. The summed E-state index contributed by atoms with van der Waals surface area (Å²) in [6, 6.07) is 0. The first-order chi connectivity index (χ1) is 15.8. The summed E-state index contributed by atoms with van der Waals surface area (Å²) in [5.74, 6) is 7.01. The molecule has 0 saturated heterocycles. The van der Waals surface area contributed by atoms with E-state index in [-0.39, 0.29) is 0 Å². The minimum absolute atomic E-state index is 0.713. The maximum Gasteiger partial charge on any atom is 0.182 e. The molecular weight excluding hydrogens is 406 g/mol. The normalized spacial score (nSPS) is 30.7. The number of allylic oxidation sites excluding steroid dienone is 1. The highest BCUT2D eigenvalue weighted by Gasteiger charge is 2.40. The average molecular weight is 452 g/mol. The van der Waals surface area contributed by atoms with Gasteiger partial charge in [0, 0.05) is 6.54 Å². The second-order valence-corrected chi connectivity index (χ2v) is 11.8. The number of anilines is 1. The van der Waals surface area contributed by atoms with Gasteiger partial charge in [0.1, 0.15) is 11.8 Å². The van der Waals surface area contributed by atoms with Crippen LogP contribution in [0.25, 0.3) is 11.2 Å². The second-order valence-electron chi connectivity index (χ2n) is 11.8. The van der Waals surface area contributed by atoms with E-state index in [0.29, 0.717) is 11.8 Å². The van der Waals surface area contributed by atoms with E-state index >= 15 is 0 Å². The van der Waals surface area contributed by atoms with Crippen LogP contribution in [0.15, 0.2) is 24.3 Å². The Labute approximate surface area is 200 Å². The van der Waals surface area contributed by atoms with E-state index in [4.69, 9.17) is 0 Å². The Bertz CT molecular complexity index is 895. The lowest BCUT2D eigenvalue weighted by Crippen LogP contribution is -2.36. The maximum absolute atomic E-state index is 4.49. The molecule has 2 saturated carbocycles. The van der Waals surface area contributed by atoms with E-state index in [0.717, 1.165) is 59.0 Å². The van der Waals surface area contributed by atoms with Gasteiger partial charge in [0.15, 0.2) is 11.5 Å². The summed E-state index contributed by atoms with van der Waals surface area (Å²) in [6.45, 7) is 15.5. The molecule has 0 aromatic carbocycles. The number of fused-ring (bicyclic) bond motifs is 1. The summed E-state index contributed by atoms with van der Waals surface area (Å²) in [5, 5.41) is 3.59. The minimum Gasteiger partial charge on any atom is -0.365 e. The molecule has 5 heteroatoms. The minimum atomic E-state index is 0.713. The fourth-order valence-electron chi connectivity index (χ4n) is 6.91. The molecule has 0 aliphatic heterocycles. The topological polar surface area (TPSA) is 66.5 Å². The molecule has 0 spiro atoms. The van der Waals surface area contributed by atoms with Gasteiger partial charge in [-0.05, 0) is 73.0 Å². The summed E-state index contributed by atoms with van der Waals surface area (Å²) in [7, 11) is 0. The van der Waals surface area contributed by atoms with Crippen molar-refractivity contribution in [3.8, 4) is 0 Å². The van der Waals surface area contributed by atoms with Crippen LogP contribution in [0, 0.1) is 47.3 Å². The Balaban J connectivity index is 1.66. The molecule has 6 atom stereocenters. The lowest BCUT2D eigenvalue weighted by Gasteiger charge is -2.46. The molecule has 2 heterocycles. The molecule has 0 amide bonds. The molecule has 6 unspecified atom stereocenters. The number of nitrogens with zero attached hydrogens (tertiary/aromatic N) is 3. The van der Waals surface area contributed by atoms with Crippen LogP contribution in [-0.4, -0.2) is 26.5 Å². The lowest BCUT2D eigenvalue weighted by atomic mass is 9.59. The van der Waals surface area contributed by atoms with E-state index in [1.54, 1.807) is 18.2 Å². The number of imidazole rings is 1. The Morgan fingerprint density at radius 3 is 2.12 bits per heavy atom. The van der Waals surface area contributed by atoms with E-state index in [9.17, 15) is 0 Å². The second kappa shape index (κ2) is 10.6. The molecule has 2 aromatic rings. The van der Waals surface area contributed by atoms with Crippen molar-refractivity contribution in [2.24, 2.45) is 47.3 Å². The van der Waals surface area contributed by atoms with E-state index in [2.05, 4.69) is 72.9 Å². The molecular formula is C28H45N5. The van der Waals surface area contributed by atoms with E-state index in [1.807, 2.05) is 0 Å². The molecule has 2 aliphatic rings. The molecule has 2 aromatic heterocycles. The summed E-state index contributed by atoms with van der Waals surface area (Å²) >= 11 is 0. The monoisotopic (exact) mass is 451 g/mol. The molecule has 5 nitrogen and oxygen atoms in total. The van der Waals surface area contributed by atoms with Crippen LogP contribution in [0.1, 0.15) is 80.1 Å². The Morgan fingerprint density at radius 2 is 1.55 bits per heavy atom. The molecule has 2 aliphatic carbocycles. The third-order valence-corrected chi connectivity index (χ3v) is 8.73. The number of aromatic nitrogens is 4. The molecule has 182 valence electrons. The lowest BCUT2D eigenvalue weighted by molar-refractivity contribution is 0.117. The van der Waals surface area contributed by atoms with Gasteiger partial charge in [-0.3, -0.25) is 0 Å². The third-order valence-electron chi connectivity index (χ3n) is 8.73. The zero-order chi connectivity index (χ0) is 23.5. The summed E-state index contributed by atoms with van der Waals surface area (Å²) in [6.07, 6.45) is 14.1. The summed E-state index contributed by atoms with van der Waals surface area (Å²) in [5.41, 5.74) is 3.37. The van der Waals surface area contributed by atoms with Gasteiger partial charge < -0.3 is 10.3 Å². The highest BCUT2D eigenvalue weighted by molar-refractivity contribution is 5.81. The van der Waals surface area contributed by atoms with Crippen LogP contribution in [0.2, 0.25) is 0 Å². The third kappa shape index (κ3) is 5.44. The van der Waals surface area contributed by atoms with Gasteiger partial charge in [-0.15, -0.1) is 0 Å². The maximum atomic E-state index is 4.49. The molecule has 0 radical (unpaired) electrons. The van der Waals surface area contributed by atoms with Crippen molar-refractivity contribution in [1.82, 2.24) is 19.9 Å². The smallest absolute Gasteiger partial charge is 0.182 e. The van der Waals surface area contributed by atoms with Gasteiger partial charge in [0.25, 0.3) is 0 Å². The van der Waals surface area contributed by atoms with Crippen LogP contribution in [0.5, 0.6) is 0 Å². The first-order valence-corrected chi connectivity index (χ1v) is 13.4. The fourth-order valence-corrected chi connectivity index (χ4v) is 6.91. The SMILES string of the molecule is CC1CCC(C(C)C)C(C(=CCNc2ncnc3nc[nH]c23)C2CC(C)CCC2C(C)C)C1. The van der Waals surface area contributed by atoms with Gasteiger partial charge in [-0.25, -0.2) is 15.0 Å². The van der Waals surface area contributed by atoms with Crippen LogP contribution in [0.4, 0.5) is 5.82 Å². The number of hydrogen-bond donors (Lipinski definition) is 2. The standard InChI is InChI=1S/C28H45N5/c1-17(2)21-9-7-19(5)13-24(21)23(25-14-20(6)8-10-22(25)18(3)4)11-12-29-27-26-28(31-15-30-26)33-16-32-27/h11,15-22,24-25H,7-10,12-14H2,1-6H3,(H2,29,30,31,32,33). The van der Waals surface area contributed by atoms with Crippen LogP contribution >= 0.6 is 0 Å². The van der Waals surface area contributed by atoms with Gasteiger partial charge in [-0.1, -0.05) is 66.0 Å².